The van der Waals surface area contributed by atoms with Crippen LogP contribution < -0.4 is 10.6 Å². The van der Waals surface area contributed by atoms with E-state index >= 15 is 0 Å². The van der Waals surface area contributed by atoms with E-state index in [1.165, 1.54) is 6.07 Å². The van der Waals surface area contributed by atoms with Crippen molar-refractivity contribution in [3.63, 3.8) is 0 Å². The molecule has 3 nitrogen and oxygen atoms in total. The van der Waals surface area contributed by atoms with Gasteiger partial charge in [-0.2, -0.15) is 5.26 Å². The van der Waals surface area contributed by atoms with Gasteiger partial charge in [0, 0.05) is 24.5 Å². The first-order chi connectivity index (χ1) is 9.93. The molecule has 0 aromatic heterocycles. The smallest absolute Gasteiger partial charge is 0.126 e. The minimum Gasteiger partial charge on any atom is -0.344 e. The Morgan fingerprint density at radius 1 is 1.29 bits per heavy atom. The SMILES string of the molecule is Cc1cc(N(C)c2cccc(C#N)c2)c([C@@H](C)N)cc1F. The molecule has 2 N–H and O–H groups in total. The molecular weight excluding hydrogens is 265 g/mol. The number of nitrogens with zero attached hydrogens (tertiary/aromatic N) is 2. The molecule has 0 unspecified atom stereocenters. The van der Waals surface area contributed by atoms with Crippen molar-refractivity contribution < 1.29 is 4.39 Å². The largest absolute Gasteiger partial charge is 0.344 e. The lowest BCUT2D eigenvalue weighted by Gasteiger charge is -2.25. The molecule has 4 heteroatoms. The number of aryl methyl sites for hydroxylation is 1. The molecular formula is C17H18FN3. The lowest BCUT2D eigenvalue weighted by atomic mass is 10.0. The van der Waals surface area contributed by atoms with Gasteiger partial charge in [-0.25, -0.2) is 4.39 Å². The summed E-state index contributed by atoms with van der Waals surface area (Å²) in [5, 5.41) is 9.00. The van der Waals surface area contributed by atoms with Crippen LogP contribution in [0.1, 0.15) is 29.7 Å². The fourth-order valence-electron chi connectivity index (χ4n) is 2.26. The van der Waals surface area contributed by atoms with E-state index in [2.05, 4.69) is 6.07 Å². The molecule has 0 heterocycles. The molecule has 108 valence electrons. The molecule has 1 atom stereocenters. The van der Waals surface area contributed by atoms with E-state index in [4.69, 9.17) is 11.0 Å². The molecule has 0 radical (unpaired) electrons. The highest BCUT2D eigenvalue weighted by atomic mass is 19.1. The monoisotopic (exact) mass is 283 g/mol. The molecule has 0 spiro atoms. The average molecular weight is 283 g/mol. The fourth-order valence-corrected chi connectivity index (χ4v) is 2.26. The first-order valence-electron chi connectivity index (χ1n) is 6.73. The van der Waals surface area contributed by atoms with Crippen LogP contribution in [0.15, 0.2) is 36.4 Å². The van der Waals surface area contributed by atoms with Gasteiger partial charge in [0.05, 0.1) is 11.6 Å². The number of benzene rings is 2. The lowest BCUT2D eigenvalue weighted by molar-refractivity contribution is 0.613. The predicted molar refractivity (Wildman–Crippen MR) is 83.0 cm³/mol. The zero-order valence-electron chi connectivity index (χ0n) is 12.4. The predicted octanol–water partition coefficient (Wildman–Crippen LogP) is 3.79. The van der Waals surface area contributed by atoms with E-state index in [0.29, 0.717) is 11.1 Å². The van der Waals surface area contributed by atoms with Crippen LogP contribution in [-0.2, 0) is 0 Å². The highest BCUT2D eigenvalue weighted by molar-refractivity contribution is 5.68. The summed E-state index contributed by atoms with van der Waals surface area (Å²) in [6.07, 6.45) is 0. The Labute approximate surface area is 124 Å². The number of nitrogens with two attached hydrogens (primary N) is 1. The summed E-state index contributed by atoms with van der Waals surface area (Å²) in [5.41, 5.74) is 9.56. The number of hydrogen-bond acceptors (Lipinski definition) is 3. The quantitative estimate of drug-likeness (QED) is 0.932. The van der Waals surface area contributed by atoms with E-state index in [9.17, 15) is 4.39 Å². The van der Waals surface area contributed by atoms with Crippen LogP contribution >= 0.6 is 0 Å². The van der Waals surface area contributed by atoms with E-state index in [0.717, 1.165) is 16.9 Å². The average Bonchev–Trinajstić information content (AvgIpc) is 2.48. The Hall–Kier alpha value is -2.38. The molecule has 2 rings (SSSR count). The van der Waals surface area contributed by atoms with Gasteiger partial charge in [-0.3, -0.25) is 0 Å². The van der Waals surface area contributed by atoms with E-state index in [1.807, 2.05) is 31.0 Å². The van der Waals surface area contributed by atoms with Crippen LogP contribution in [0, 0.1) is 24.1 Å². The normalized spacial score (nSPS) is 11.8. The second-order valence-electron chi connectivity index (χ2n) is 5.17. The third-order valence-corrected chi connectivity index (χ3v) is 3.52. The summed E-state index contributed by atoms with van der Waals surface area (Å²) in [7, 11) is 1.88. The molecule has 0 amide bonds. The van der Waals surface area contributed by atoms with Crippen LogP contribution in [0.2, 0.25) is 0 Å². The standard InChI is InChI=1S/C17H18FN3/c1-11-7-17(15(12(2)20)9-16(11)18)21(3)14-6-4-5-13(8-14)10-19/h4-9,12H,20H2,1-3H3/t12-/m1/s1. The number of nitriles is 1. The zero-order chi connectivity index (χ0) is 15.6. The van der Waals surface area contributed by atoms with Crippen LogP contribution in [0.25, 0.3) is 0 Å². The third kappa shape index (κ3) is 3.04. The van der Waals surface area contributed by atoms with Gasteiger partial charge in [-0.15, -0.1) is 0 Å². The first kappa shape index (κ1) is 15.0. The van der Waals surface area contributed by atoms with E-state index in [1.54, 1.807) is 25.1 Å². The molecule has 0 aliphatic heterocycles. The number of hydrogen-bond donors (Lipinski definition) is 1. The van der Waals surface area contributed by atoms with Crippen molar-refractivity contribution >= 4 is 11.4 Å². The Balaban J connectivity index is 2.54. The molecule has 0 fully saturated rings. The molecule has 0 aliphatic rings. The van der Waals surface area contributed by atoms with Gasteiger partial charge < -0.3 is 10.6 Å². The summed E-state index contributed by atoms with van der Waals surface area (Å²) < 4.78 is 13.8. The fraction of sp³-hybridized carbons (Fsp3) is 0.235. The second-order valence-corrected chi connectivity index (χ2v) is 5.17. The lowest BCUT2D eigenvalue weighted by Crippen LogP contribution is -2.16. The van der Waals surface area contributed by atoms with E-state index in [-0.39, 0.29) is 11.9 Å². The number of anilines is 2. The van der Waals surface area contributed by atoms with Crippen molar-refractivity contribution in [1.29, 1.82) is 5.26 Å². The van der Waals surface area contributed by atoms with Crippen LogP contribution in [0.5, 0.6) is 0 Å². The van der Waals surface area contributed by atoms with Crippen molar-refractivity contribution in [2.75, 3.05) is 11.9 Å². The maximum absolute atomic E-state index is 13.8. The minimum absolute atomic E-state index is 0.259. The summed E-state index contributed by atoms with van der Waals surface area (Å²) in [5.74, 6) is -0.259. The first-order valence-corrected chi connectivity index (χ1v) is 6.73. The summed E-state index contributed by atoms with van der Waals surface area (Å²) >= 11 is 0. The van der Waals surface area contributed by atoms with Gasteiger partial charge >= 0.3 is 0 Å². The molecule has 2 aromatic carbocycles. The summed E-state index contributed by atoms with van der Waals surface area (Å²) in [6.45, 7) is 3.55. The summed E-state index contributed by atoms with van der Waals surface area (Å²) in [4.78, 5) is 1.92. The molecule has 0 saturated heterocycles. The number of rotatable bonds is 3. The zero-order valence-corrected chi connectivity index (χ0v) is 12.4. The molecule has 2 aromatic rings. The molecule has 0 saturated carbocycles. The van der Waals surface area contributed by atoms with Crippen molar-refractivity contribution in [2.24, 2.45) is 5.73 Å². The Morgan fingerprint density at radius 2 is 2.00 bits per heavy atom. The van der Waals surface area contributed by atoms with Crippen molar-refractivity contribution in [2.45, 2.75) is 19.9 Å². The Kier molecular flexibility index (Phi) is 4.25. The highest BCUT2D eigenvalue weighted by Crippen LogP contribution is 2.32. The van der Waals surface area contributed by atoms with E-state index < -0.39 is 0 Å². The van der Waals surface area contributed by atoms with Crippen molar-refractivity contribution in [3.8, 4) is 6.07 Å². The maximum Gasteiger partial charge on any atom is 0.126 e. The maximum atomic E-state index is 13.8. The van der Waals surface area contributed by atoms with Crippen LogP contribution in [0.3, 0.4) is 0 Å². The molecule has 0 aliphatic carbocycles. The van der Waals surface area contributed by atoms with Gasteiger partial charge in [0.15, 0.2) is 0 Å². The second kappa shape index (κ2) is 5.94. The van der Waals surface area contributed by atoms with Crippen molar-refractivity contribution in [3.05, 3.63) is 58.9 Å². The van der Waals surface area contributed by atoms with Gasteiger partial charge in [0.25, 0.3) is 0 Å². The van der Waals surface area contributed by atoms with Gasteiger partial charge in [-0.1, -0.05) is 6.07 Å². The summed E-state index contributed by atoms with van der Waals surface area (Å²) in [6, 6.07) is 12.4. The Bertz CT molecular complexity index is 702. The Morgan fingerprint density at radius 3 is 2.62 bits per heavy atom. The van der Waals surface area contributed by atoms with Gasteiger partial charge in [-0.05, 0) is 55.3 Å². The molecule has 21 heavy (non-hydrogen) atoms. The number of halogens is 1. The van der Waals surface area contributed by atoms with Crippen LogP contribution in [-0.4, -0.2) is 7.05 Å². The third-order valence-electron chi connectivity index (χ3n) is 3.52. The topological polar surface area (TPSA) is 53.0 Å². The minimum atomic E-state index is -0.281. The van der Waals surface area contributed by atoms with Crippen molar-refractivity contribution in [1.82, 2.24) is 0 Å². The van der Waals surface area contributed by atoms with Crippen LogP contribution in [0.4, 0.5) is 15.8 Å². The highest BCUT2D eigenvalue weighted by Gasteiger charge is 2.15. The van der Waals surface area contributed by atoms with Gasteiger partial charge in [0.1, 0.15) is 5.82 Å². The van der Waals surface area contributed by atoms with Gasteiger partial charge in [0.2, 0.25) is 0 Å². The molecule has 0 bridgehead atoms.